The molecule has 10 heteroatoms. The number of hydrogen-bond donors (Lipinski definition) is 0. The predicted octanol–water partition coefficient (Wildman–Crippen LogP) is 6.19. The van der Waals surface area contributed by atoms with Crippen molar-refractivity contribution in [2.24, 2.45) is 0 Å². The van der Waals surface area contributed by atoms with E-state index >= 15 is 0 Å². The summed E-state index contributed by atoms with van der Waals surface area (Å²) in [6.45, 7) is 0. The van der Waals surface area contributed by atoms with Crippen molar-refractivity contribution >= 4 is 11.3 Å². The van der Waals surface area contributed by atoms with Crippen LogP contribution in [0, 0.1) is 7.43 Å². The molecule has 0 aliphatic heterocycles. The maximum absolute atomic E-state index is 12.7. The Morgan fingerprint density at radius 3 is 1.78 bits per heavy atom. The molecule has 3 N–H and O–H groups in total. The summed E-state index contributed by atoms with van der Waals surface area (Å²) in [5.41, 5.74) is 9.11. The van der Waals surface area contributed by atoms with E-state index in [0.717, 1.165) is 24.3 Å². The van der Waals surface area contributed by atoms with Crippen molar-refractivity contribution in [2.45, 2.75) is 18.3 Å². The second kappa shape index (κ2) is 13.5. The summed E-state index contributed by atoms with van der Waals surface area (Å²) in [7, 11) is 0. The molecule has 5 nitrogen and oxygen atoms in total. The van der Waals surface area contributed by atoms with Gasteiger partial charge in [-0.25, -0.2) is 4.21 Å². The molecular formula is C22H22F3IrN2O3S. The van der Waals surface area contributed by atoms with E-state index in [4.69, 9.17) is 9.92 Å². The Morgan fingerprint density at radius 2 is 1.31 bits per heavy atom. The molecule has 174 valence electrons. The Balaban J connectivity index is 0.00000320. The third-order valence-electron chi connectivity index (χ3n) is 4.16. The molecule has 0 amide bonds. The van der Waals surface area contributed by atoms with Crippen molar-refractivity contribution in [3.05, 3.63) is 120 Å². The van der Waals surface area contributed by atoms with Crippen LogP contribution in [0.2, 0.25) is 0 Å². The number of nitrogens with zero attached hydrogens (tertiary/aromatic N) is 1. The van der Waals surface area contributed by atoms with Crippen LogP contribution >= 0.6 is 0 Å². The Bertz CT molecular complexity index is 946. The minimum absolute atomic E-state index is 0. The van der Waals surface area contributed by atoms with E-state index < -0.39 is 35.1 Å². The van der Waals surface area contributed by atoms with Crippen molar-refractivity contribution in [3.8, 4) is 5.75 Å². The van der Waals surface area contributed by atoms with E-state index in [1.807, 2.05) is 12.1 Å². The smallest absolute Gasteiger partial charge is 0.672 e. The molecule has 0 radical (unpaired) electrons. The molecular weight excluding hydrogens is 622 g/mol. The molecule has 0 saturated heterocycles. The predicted molar refractivity (Wildman–Crippen MR) is 116 cm³/mol. The summed E-state index contributed by atoms with van der Waals surface area (Å²) >= 11 is -2.20. The molecule has 0 aromatic heterocycles. The number of nitrogens with one attached hydrogen (secondary N) is 1. The van der Waals surface area contributed by atoms with Gasteiger partial charge in [-0.3, -0.25) is 0 Å². The van der Waals surface area contributed by atoms with Crippen LogP contribution in [-0.4, -0.2) is 9.69 Å². The molecule has 3 aromatic carbocycles. The minimum atomic E-state index is -4.46. The average molecular weight is 644 g/mol. The monoisotopic (exact) mass is 644 g/mol. The number of halogens is 3. The Kier molecular flexibility index (Phi) is 12.6. The second-order valence-corrected chi connectivity index (χ2v) is 6.98. The third-order valence-corrected chi connectivity index (χ3v) is 4.90. The van der Waals surface area contributed by atoms with Gasteiger partial charge in [0.1, 0.15) is 17.0 Å². The quantitative estimate of drug-likeness (QED) is 0.287. The van der Waals surface area contributed by atoms with Crippen LogP contribution in [0.15, 0.2) is 84.9 Å². The topological polar surface area (TPSA) is 95.7 Å². The molecule has 0 bridgehead atoms. The van der Waals surface area contributed by atoms with Crippen molar-refractivity contribution in [1.29, 1.82) is 0 Å². The molecule has 3 aromatic rings. The van der Waals surface area contributed by atoms with Crippen molar-refractivity contribution in [1.82, 2.24) is 0 Å². The zero-order valence-corrected chi connectivity index (χ0v) is 20.1. The van der Waals surface area contributed by atoms with Crippen molar-refractivity contribution in [3.63, 3.8) is 0 Å². The van der Waals surface area contributed by atoms with Gasteiger partial charge in [0.15, 0.2) is 0 Å². The van der Waals surface area contributed by atoms with Gasteiger partial charge in [0.05, 0.1) is 5.56 Å². The summed E-state index contributed by atoms with van der Waals surface area (Å²) in [6, 6.07) is 20.2. The van der Waals surface area contributed by atoms with E-state index in [1.54, 1.807) is 48.5 Å². The standard InChI is InChI=1S/C21H17F3N2O2S.CH3.Ir.H2O/c22-21(23,24)17-11-13-18(14-12-17)28-29(27)26-20(16-9-5-2-6-10-16)19(25)15-7-3-1-4-8-15;;;/h1-14,19-20,25H;1H3;;1H2/q-2;-1;+3;/t19?,20-,29?;;;/m1.../s1. The zero-order chi connectivity index (χ0) is 20.9. The molecule has 3 atom stereocenters. The van der Waals surface area contributed by atoms with Gasteiger partial charge in [-0.1, -0.05) is 71.8 Å². The molecule has 0 spiro atoms. The summed E-state index contributed by atoms with van der Waals surface area (Å²) < 4.78 is 59.7. The minimum Gasteiger partial charge on any atom is -0.672 e. The van der Waals surface area contributed by atoms with Gasteiger partial charge in [0.25, 0.3) is 0 Å². The third kappa shape index (κ3) is 8.12. The van der Waals surface area contributed by atoms with Gasteiger partial charge in [-0.2, -0.15) is 13.2 Å². The first-order chi connectivity index (χ1) is 13.8. The summed E-state index contributed by atoms with van der Waals surface area (Å²) in [4.78, 5) is 0. The number of hydrogen-bond acceptors (Lipinski definition) is 2. The average Bonchev–Trinajstić information content (AvgIpc) is 2.72. The number of rotatable bonds is 7. The Morgan fingerprint density at radius 1 is 0.844 bits per heavy atom. The summed E-state index contributed by atoms with van der Waals surface area (Å²) in [5, 5.41) is 0. The Labute approximate surface area is 201 Å². The normalized spacial score (nSPS) is 13.4. The van der Waals surface area contributed by atoms with Crippen LogP contribution in [0.1, 0.15) is 28.8 Å². The van der Waals surface area contributed by atoms with Crippen LogP contribution in [-0.2, 0) is 37.5 Å². The van der Waals surface area contributed by atoms with E-state index in [0.29, 0.717) is 11.1 Å². The van der Waals surface area contributed by atoms with Crippen molar-refractivity contribution < 1.29 is 47.1 Å². The van der Waals surface area contributed by atoms with E-state index in [-0.39, 0.29) is 38.8 Å². The number of benzene rings is 3. The molecule has 0 fully saturated rings. The SMILES string of the molecule is O.[CH3-].[Ir+3].[NH-]C(c1ccccc1)[C@H]([N-]S(=O)Oc1ccc(C(F)(F)F)cc1)c1ccccc1. The largest absolute Gasteiger partial charge is 3.00 e. The van der Waals surface area contributed by atoms with Gasteiger partial charge in [-0.05, 0) is 24.3 Å². The zero-order valence-electron chi connectivity index (χ0n) is 16.9. The van der Waals surface area contributed by atoms with Crippen molar-refractivity contribution in [2.75, 3.05) is 0 Å². The number of alkyl halides is 3. The Hall–Kier alpha value is -2.07. The van der Waals surface area contributed by atoms with Gasteiger partial charge in [0.2, 0.25) is 0 Å². The molecule has 2 unspecified atom stereocenters. The maximum atomic E-state index is 12.7. The van der Waals surface area contributed by atoms with Crippen LogP contribution in [0.25, 0.3) is 10.5 Å². The fraction of sp³-hybridized carbons (Fsp3) is 0.136. The molecule has 0 heterocycles. The first kappa shape index (κ1) is 29.9. The van der Waals surface area contributed by atoms with E-state index in [1.165, 1.54) is 0 Å². The first-order valence-corrected chi connectivity index (χ1v) is 9.67. The van der Waals surface area contributed by atoms with Gasteiger partial charge in [0, 0.05) is 0 Å². The maximum Gasteiger partial charge on any atom is 3.00 e. The van der Waals surface area contributed by atoms with E-state index in [2.05, 4.69) is 4.72 Å². The van der Waals surface area contributed by atoms with Gasteiger partial charge < -0.3 is 27.5 Å². The van der Waals surface area contributed by atoms with Crippen LogP contribution < -0.4 is 4.18 Å². The second-order valence-electron chi connectivity index (χ2n) is 6.17. The molecule has 0 aliphatic rings. The van der Waals surface area contributed by atoms with Gasteiger partial charge in [-0.15, -0.1) is 12.1 Å². The fourth-order valence-electron chi connectivity index (χ4n) is 2.70. The summed E-state index contributed by atoms with van der Waals surface area (Å²) in [5.74, 6) is -0.00635. The van der Waals surface area contributed by atoms with Crippen LogP contribution in [0.5, 0.6) is 5.75 Å². The molecule has 0 saturated carbocycles. The fourth-order valence-corrected chi connectivity index (χ4v) is 3.45. The van der Waals surface area contributed by atoms with Crippen LogP contribution in [0.3, 0.4) is 0 Å². The molecule has 32 heavy (non-hydrogen) atoms. The first-order valence-electron chi connectivity index (χ1n) is 8.64. The van der Waals surface area contributed by atoms with E-state index in [9.17, 15) is 17.4 Å². The van der Waals surface area contributed by atoms with Gasteiger partial charge >= 0.3 is 26.3 Å². The molecule has 3 rings (SSSR count). The molecule has 0 aliphatic carbocycles. The summed E-state index contributed by atoms with van der Waals surface area (Å²) in [6.07, 6.45) is -4.46. The van der Waals surface area contributed by atoms with Crippen LogP contribution in [0.4, 0.5) is 13.2 Å².